The molecule has 0 unspecified atom stereocenters. The van der Waals surface area contributed by atoms with E-state index in [0.29, 0.717) is 5.56 Å². The Bertz CT molecular complexity index is 945. The number of nitrogen functional groups attached to an aromatic ring is 1. The van der Waals surface area contributed by atoms with Crippen molar-refractivity contribution in [3.05, 3.63) is 56.3 Å². The van der Waals surface area contributed by atoms with Crippen molar-refractivity contribution >= 4 is 29.0 Å². The fourth-order valence-corrected chi connectivity index (χ4v) is 2.71. The first-order valence-electron chi connectivity index (χ1n) is 6.53. The Hall–Kier alpha value is -2.93. The summed E-state index contributed by atoms with van der Waals surface area (Å²) in [4.78, 5) is 14.2. The number of hydrogen-bond acceptors (Lipinski definition) is 5. The van der Waals surface area contributed by atoms with Gasteiger partial charge in [0.15, 0.2) is 5.75 Å². The molecule has 0 aliphatic rings. The molecule has 0 amide bonds. The van der Waals surface area contributed by atoms with Crippen LogP contribution in [-0.4, -0.2) is 11.6 Å². The Balaban J connectivity index is 2.79. The van der Waals surface area contributed by atoms with Crippen molar-refractivity contribution in [1.82, 2.24) is 4.98 Å². The molecule has 0 fully saturated rings. The van der Waals surface area contributed by atoms with E-state index in [1.165, 1.54) is 18.2 Å². The number of benzene rings is 1. The molecule has 0 saturated carbocycles. The highest BCUT2D eigenvalue weighted by molar-refractivity contribution is 6.37. The third kappa shape index (κ3) is 3.07. The summed E-state index contributed by atoms with van der Waals surface area (Å²) in [6, 6.07) is 6.54. The van der Waals surface area contributed by atoms with Crippen molar-refractivity contribution < 1.29 is 4.74 Å². The van der Waals surface area contributed by atoms with Gasteiger partial charge < -0.3 is 15.5 Å². The average molecular weight is 361 g/mol. The molecule has 24 heavy (non-hydrogen) atoms. The SMILES string of the molecule is C=CCOc1c(Cl)cc(-c2c(C#N)c(N)[nH]c(=O)c2C#N)cc1Cl. The van der Waals surface area contributed by atoms with Gasteiger partial charge in [-0.25, -0.2) is 0 Å². The highest BCUT2D eigenvalue weighted by atomic mass is 35.5. The van der Waals surface area contributed by atoms with Crippen LogP contribution in [0.1, 0.15) is 11.1 Å². The fourth-order valence-electron chi connectivity index (χ4n) is 2.12. The minimum atomic E-state index is -0.705. The normalized spacial score (nSPS) is 9.83. The first-order chi connectivity index (χ1) is 11.4. The number of halogens is 2. The van der Waals surface area contributed by atoms with Gasteiger partial charge >= 0.3 is 0 Å². The molecule has 8 heteroatoms. The molecule has 1 heterocycles. The monoisotopic (exact) mass is 360 g/mol. The Morgan fingerprint density at radius 1 is 1.25 bits per heavy atom. The van der Waals surface area contributed by atoms with Gasteiger partial charge in [-0.1, -0.05) is 35.9 Å². The van der Waals surface area contributed by atoms with Crippen LogP contribution in [0.4, 0.5) is 5.82 Å². The van der Waals surface area contributed by atoms with Gasteiger partial charge in [-0.05, 0) is 17.7 Å². The first-order valence-corrected chi connectivity index (χ1v) is 7.29. The molecule has 120 valence electrons. The van der Waals surface area contributed by atoms with E-state index in [1.54, 1.807) is 6.07 Å². The van der Waals surface area contributed by atoms with Crippen LogP contribution < -0.4 is 16.0 Å². The van der Waals surface area contributed by atoms with Gasteiger partial charge in [0.25, 0.3) is 5.56 Å². The minimum absolute atomic E-state index is 0.0435. The fraction of sp³-hybridized carbons (Fsp3) is 0.0625. The third-order valence-corrected chi connectivity index (χ3v) is 3.66. The summed E-state index contributed by atoms with van der Waals surface area (Å²) in [5, 5.41) is 18.9. The van der Waals surface area contributed by atoms with Gasteiger partial charge in [0.2, 0.25) is 0 Å². The van der Waals surface area contributed by atoms with E-state index in [4.69, 9.17) is 33.7 Å². The number of nitrogens with one attached hydrogen (secondary N) is 1. The number of nitriles is 2. The van der Waals surface area contributed by atoms with E-state index >= 15 is 0 Å². The van der Waals surface area contributed by atoms with Gasteiger partial charge in [0.05, 0.1) is 10.0 Å². The summed E-state index contributed by atoms with van der Waals surface area (Å²) in [5.74, 6) is 0.0903. The number of ether oxygens (including phenoxy) is 1. The van der Waals surface area contributed by atoms with Crippen LogP contribution >= 0.6 is 23.2 Å². The van der Waals surface area contributed by atoms with Crippen molar-refractivity contribution in [2.45, 2.75) is 0 Å². The Morgan fingerprint density at radius 3 is 2.33 bits per heavy atom. The molecular weight excluding hydrogens is 351 g/mol. The number of anilines is 1. The highest BCUT2D eigenvalue weighted by Gasteiger charge is 2.20. The maximum absolute atomic E-state index is 11.9. The van der Waals surface area contributed by atoms with E-state index in [1.807, 2.05) is 6.07 Å². The topological polar surface area (TPSA) is 116 Å². The number of H-pyrrole nitrogens is 1. The van der Waals surface area contributed by atoms with Gasteiger partial charge in [0, 0.05) is 5.56 Å². The second-order valence-corrected chi connectivity index (χ2v) is 5.40. The lowest BCUT2D eigenvalue weighted by molar-refractivity contribution is 0.364. The maximum atomic E-state index is 11.9. The van der Waals surface area contributed by atoms with Crippen molar-refractivity contribution in [2.24, 2.45) is 0 Å². The first kappa shape index (κ1) is 17.4. The van der Waals surface area contributed by atoms with E-state index in [-0.39, 0.29) is 44.9 Å². The van der Waals surface area contributed by atoms with Crippen LogP contribution in [0.2, 0.25) is 10.0 Å². The molecule has 2 rings (SSSR count). The number of aromatic nitrogens is 1. The molecule has 3 N–H and O–H groups in total. The van der Waals surface area contributed by atoms with E-state index < -0.39 is 5.56 Å². The highest BCUT2D eigenvalue weighted by Crippen LogP contribution is 2.39. The number of nitrogens with zero attached hydrogens (tertiary/aromatic N) is 2. The average Bonchev–Trinajstić information content (AvgIpc) is 2.53. The molecule has 0 bridgehead atoms. The molecule has 0 spiro atoms. The van der Waals surface area contributed by atoms with Crippen molar-refractivity contribution in [2.75, 3.05) is 12.3 Å². The summed E-state index contributed by atoms with van der Waals surface area (Å²) in [6.45, 7) is 3.73. The van der Waals surface area contributed by atoms with Gasteiger partial charge in [0.1, 0.15) is 35.7 Å². The van der Waals surface area contributed by atoms with Crippen LogP contribution in [-0.2, 0) is 0 Å². The molecular formula is C16H10Cl2N4O2. The van der Waals surface area contributed by atoms with E-state index in [2.05, 4.69) is 11.6 Å². The molecule has 0 aliphatic carbocycles. The second-order valence-electron chi connectivity index (χ2n) is 4.59. The molecule has 2 aromatic rings. The van der Waals surface area contributed by atoms with Gasteiger partial charge in [-0.15, -0.1) is 0 Å². The Morgan fingerprint density at radius 2 is 1.83 bits per heavy atom. The molecule has 0 radical (unpaired) electrons. The van der Waals surface area contributed by atoms with Crippen LogP contribution in [0.15, 0.2) is 29.6 Å². The summed E-state index contributed by atoms with van der Waals surface area (Å²) >= 11 is 12.3. The lowest BCUT2D eigenvalue weighted by Gasteiger charge is -2.13. The van der Waals surface area contributed by atoms with Crippen LogP contribution in [0.3, 0.4) is 0 Å². The lowest BCUT2D eigenvalue weighted by atomic mass is 9.96. The minimum Gasteiger partial charge on any atom is -0.486 e. The molecule has 0 atom stereocenters. The number of nitrogens with two attached hydrogens (primary N) is 1. The summed E-state index contributed by atoms with van der Waals surface area (Å²) < 4.78 is 5.36. The number of aromatic amines is 1. The molecule has 1 aromatic carbocycles. The molecule has 0 aliphatic heterocycles. The maximum Gasteiger partial charge on any atom is 0.268 e. The summed E-state index contributed by atoms with van der Waals surface area (Å²) in [5.41, 5.74) is 5.05. The Kier molecular flexibility index (Phi) is 5.15. The number of rotatable bonds is 4. The number of pyridine rings is 1. The summed E-state index contributed by atoms with van der Waals surface area (Å²) in [7, 11) is 0. The number of hydrogen-bond donors (Lipinski definition) is 2. The predicted molar refractivity (Wildman–Crippen MR) is 92.1 cm³/mol. The van der Waals surface area contributed by atoms with Crippen LogP contribution in [0, 0.1) is 22.7 Å². The van der Waals surface area contributed by atoms with Gasteiger partial charge in [-0.2, -0.15) is 10.5 Å². The van der Waals surface area contributed by atoms with Crippen LogP contribution in [0.5, 0.6) is 5.75 Å². The molecule has 6 nitrogen and oxygen atoms in total. The zero-order valence-corrected chi connectivity index (χ0v) is 13.7. The van der Waals surface area contributed by atoms with E-state index in [9.17, 15) is 15.3 Å². The van der Waals surface area contributed by atoms with Crippen molar-refractivity contribution in [3.8, 4) is 29.0 Å². The van der Waals surface area contributed by atoms with Gasteiger partial charge in [-0.3, -0.25) is 4.79 Å². The standard InChI is InChI=1S/C16H10Cl2N4O2/c1-2-3-24-14-11(17)4-8(5-12(14)18)13-9(6-19)15(21)22-16(23)10(13)7-20/h2,4-5H,1,3H2,(H3,21,22,23). The zero-order valence-electron chi connectivity index (χ0n) is 12.2. The zero-order chi connectivity index (χ0) is 17.9. The Labute approximate surface area is 147 Å². The predicted octanol–water partition coefficient (Wildman–Crippen LogP) is 3.24. The molecule has 0 saturated heterocycles. The van der Waals surface area contributed by atoms with Crippen LogP contribution in [0.25, 0.3) is 11.1 Å². The van der Waals surface area contributed by atoms with E-state index in [0.717, 1.165) is 0 Å². The van der Waals surface area contributed by atoms with Crippen molar-refractivity contribution in [3.63, 3.8) is 0 Å². The molecule has 1 aromatic heterocycles. The summed E-state index contributed by atoms with van der Waals surface area (Å²) in [6.07, 6.45) is 1.53. The quantitative estimate of drug-likeness (QED) is 0.811. The largest absolute Gasteiger partial charge is 0.486 e. The smallest absolute Gasteiger partial charge is 0.268 e. The van der Waals surface area contributed by atoms with Crippen molar-refractivity contribution in [1.29, 1.82) is 10.5 Å². The third-order valence-electron chi connectivity index (χ3n) is 3.10. The lowest BCUT2D eigenvalue weighted by Crippen LogP contribution is -2.16. The second kappa shape index (κ2) is 7.10.